The Hall–Kier alpha value is -3.49. The molecule has 6 unspecified atom stereocenters. The van der Waals surface area contributed by atoms with Crippen molar-refractivity contribution in [1.82, 2.24) is 25.4 Å². The standard InChI is InChI=1S/C37H44F3N5O5/c1-4-25-24(35(42-25)18-22-12-8-13-26-29(22)23(19-35)30(41-26)36(38,39)40)16-20(2)31(46)43-34(3)33(48)45-27(17-21-10-6-5-7-11-21)32(47)44-15-9-14-28(44)37(45,49)50-34/h5-8,10-13,20,24-25,27-28,33,41-42,48-49H,4,9,14-19H2,1-3H3,(H,43,46)/t20?,24?,25?,27-,28-,33?,34?,35?,37-/m0/s1. The van der Waals surface area contributed by atoms with Crippen molar-refractivity contribution in [3.63, 3.8) is 0 Å². The highest BCUT2D eigenvalue weighted by Gasteiger charge is 2.70. The minimum absolute atomic E-state index is 0.0102. The second kappa shape index (κ2) is 11.5. The fraction of sp³-hybridized carbons (Fsp3) is 0.568. The van der Waals surface area contributed by atoms with Crippen LogP contribution in [0.5, 0.6) is 0 Å². The maximum atomic E-state index is 14.2. The van der Waals surface area contributed by atoms with E-state index >= 15 is 0 Å². The van der Waals surface area contributed by atoms with Crippen molar-refractivity contribution >= 4 is 22.7 Å². The molecule has 1 aromatic heterocycles. The molecule has 13 heteroatoms. The first-order valence-corrected chi connectivity index (χ1v) is 17.7. The van der Waals surface area contributed by atoms with E-state index in [4.69, 9.17) is 4.74 Å². The van der Waals surface area contributed by atoms with Crippen molar-refractivity contribution in [2.75, 3.05) is 6.54 Å². The predicted molar refractivity (Wildman–Crippen MR) is 177 cm³/mol. The highest BCUT2D eigenvalue weighted by Crippen LogP contribution is 2.51. The number of hydrogen-bond acceptors (Lipinski definition) is 7. The molecule has 2 amide bonds. The van der Waals surface area contributed by atoms with Gasteiger partial charge in [-0.3, -0.25) is 9.59 Å². The van der Waals surface area contributed by atoms with Crippen LogP contribution in [0.25, 0.3) is 10.9 Å². The molecule has 4 saturated heterocycles. The molecule has 1 spiro atoms. The Morgan fingerprint density at radius 3 is 2.64 bits per heavy atom. The zero-order chi connectivity index (χ0) is 35.4. The molecule has 5 aliphatic rings. The van der Waals surface area contributed by atoms with Crippen LogP contribution in [-0.2, 0) is 39.8 Å². The Balaban J connectivity index is 1.03. The first-order chi connectivity index (χ1) is 23.7. The lowest BCUT2D eigenvalue weighted by Crippen LogP contribution is -2.74. The van der Waals surface area contributed by atoms with E-state index < -0.39 is 59.2 Å². The molecule has 4 fully saturated rings. The van der Waals surface area contributed by atoms with Crippen LogP contribution in [0.15, 0.2) is 48.5 Å². The van der Waals surface area contributed by atoms with Gasteiger partial charge >= 0.3 is 6.18 Å². The third-order valence-corrected chi connectivity index (χ3v) is 12.2. The first kappa shape index (κ1) is 33.6. The van der Waals surface area contributed by atoms with E-state index in [2.05, 4.69) is 15.6 Å². The number of aromatic amines is 1. The Morgan fingerprint density at radius 1 is 1.16 bits per heavy atom. The van der Waals surface area contributed by atoms with Gasteiger partial charge in [0.05, 0.1) is 0 Å². The van der Waals surface area contributed by atoms with Gasteiger partial charge in [0, 0.05) is 34.9 Å². The molecule has 3 aromatic rings. The van der Waals surface area contributed by atoms with Gasteiger partial charge in [-0.2, -0.15) is 13.2 Å². The van der Waals surface area contributed by atoms with E-state index in [0.717, 1.165) is 17.5 Å². The summed E-state index contributed by atoms with van der Waals surface area (Å²) in [5.41, 5.74) is -0.686. The quantitative estimate of drug-likeness (QED) is 0.255. The van der Waals surface area contributed by atoms with Crippen molar-refractivity contribution in [3.8, 4) is 0 Å². The molecule has 8 rings (SSSR count). The number of carbonyl (C=O) groups excluding carboxylic acids is 2. The Bertz CT molecular complexity index is 1840. The van der Waals surface area contributed by atoms with Crippen molar-refractivity contribution < 1.29 is 37.7 Å². The van der Waals surface area contributed by atoms with Crippen molar-refractivity contribution in [2.24, 2.45) is 11.8 Å². The first-order valence-electron chi connectivity index (χ1n) is 17.7. The topological polar surface area (TPSA) is 130 Å². The number of nitrogens with zero attached hydrogens (tertiary/aromatic N) is 2. The average Bonchev–Trinajstić information content (AvgIpc) is 3.77. The number of piperazine rings is 1. The summed E-state index contributed by atoms with van der Waals surface area (Å²) in [6.45, 7) is 5.77. The summed E-state index contributed by atoms with van der Waals surface area (Å²) in [7, 11) is 0. The molecule has 1 aliphatic carbocycles. The summed E-state index contributed by atoms with van der Waals surface area (Å²) in [5, 5.41) is 31.1. The van der Waals surface area contributed by atoms with Gasteiger partial charge in [0.25, 0.3) is 5.91 Å². The summed E-state index contributed by atoms with van der Waals surface area (Å²) < 4.78 is 48.9. The Kier molecular flexibility index (Phi) is 7.74. The van der Waals surface area contributed by atoms with Crippen LogP contribution in [0, 0.1) is 11.8 Å². The normalized spacial score (nSPS) is 35.6. The number of aliphatic hydroxyl groups is 2. The van der Waals surface area contributed by atoms with Gasteiger partial charge in [-0.25, -0.2) is 4.90 Å². The molecule has 0 radical (unpaired) electrons. The van der Waals surface area contributed by atoms with Gasteiger partial charge in [-0.15, -0.1) is 0 Å². The fourth-order valence-electron chi connectivity index (χ4n) is 9.88. The second-order valence-electron chi connectivity index (χ2n) is 15.3. The van der Waals surface area contributed by atoms with E-state index in [9.17, 15) is 33.0 Å². The SMILES string of the molecule is CCC1NC2(Cc3cccc4[nH]c(C(F)(F)F)c(c34)C2)C1CC(C)C(=O)NC1(C)O[C@@]2(O)[C@@H]3CCCN3C(=O)[C@H](Cc3ccccc3)N2C1O. The Labute approximate surface area is 288 Å². The van der Waals surface area contributed by atoms with Crippen LogP contribution in [-0.4, -0.2) is 84.9 Å². The van der Waals surface area contributed by atoms with Crippen LogP contribution < -0.4 is 10.6 Å². The number of alkyl halides is 3. The lowest BCUT2D eigenvalue weighted by atomic mass is 9.59. The number of fused-ring (bicyclic) bond motifs is 3. The largest absolute Gasteiger partial charge is 0.431 e. The third-order valence-electron chi connectivity index (χ3n) is 12.2. The number of amides is 2. The minimum atomic E-state index is -4.53. The number of halogens is 3. The molecule has 9 atom stereocenters. The van der Waals surface area contributed by atoms with Crippen LogP contribution in [0.2, 0.25) is 0 Å². The number of hydrogen-bond donors (Lipinski definition) is 5. The highest BCUT2D eigenvalue weighted by molar-refractivity contribution is 5.90. The summed E-state index contributed by atoms with van der Waals surface area (Å²) in [6.07, 6.45) is -2.84. The monoisotopic (exact) mass is 695 g/mol. The Morgan fingerprint density at radius 2 is 1.92 bits per heavy atom. The average molecular weight is 696 g/mol. The number of ether oxygens (including phenoxy) is 1. The summed E-state index contributed by atoms with van der Waals surface area (Å²) in [6, 6.07) is 13.1. The van der Waals surface area contributed by atoms with Crippen molar-refractivity contribution in [3.05, 3.63) is 70.9 Å². The van der Waals surface area contributed by atoms with Gasteiger partial charge in [0.1, 0.15) is 17.8 Å². The van der Waals surface area contributed by atoms with Gasteiger partial charge in [0.2, 0.25) is 11.8 Å². The van der Waals surface area contributed by atoms with Gasteiger partial charge in [-0.1, -0.05) is 56.3 Å². The van der Waals surface area contributed by atoms with Crippen molar-refractivity contribution in [2.45, 2.75) is 113 Å². The summed E-state index contributed by atoms with van der Waals surface area (Å²) in [5.74, 6) is -3.37. The zero-order valence-corrected chi connectivity index (χ0v) is 28.4. The van der Waals surface area contributed by atoms with E-state index in [1.54, 1.807) is 24.0 Å². The molecule has 0 bridgehead atoms. The van der Waals surface area contributed by atoms with Crippen LogP contribution in [0.4, 0.5) is 13.2 Å². The minimum Gasteiger partial charge on any atom is -0.373 e. The predicted octanol–water partition coefficient (Wildman–Crippen LogP) is 3.79. The smallest absolute Gasteiger partial charge is 0.373 e. The number of H-pyrrole nitrogens is 1. The van der Waals surface area contributed by atoms with E-state index in [1.165, 1.54) is 11.8 Å². The van der Waals surface area contributed by atoms with E-state index in [1.807, 2.05) is 43.3 Å². The number of aromatic nitrogens is 1. The van der Waals surface area contributed by atoms with Crippen molar-refractivity contribution in [1.29, 1.82) is 0 Å². The molecule has 5 heterocycles. The molecule has 5 N–H and O–H groups in total. The number of aliphatic hydroxyl groups excluding tert-OH is 1. The molecular formula is C37H44F3N5O5. The number of nitrogens with one attached hydrogen (secondary N) is 3. The van der Waals surface area contributed by atoms with Crippen LogP contribution >= 0.6 is 0 Å². The molecule has 0 saturated carbocycles. The summed E-state index contributed by atoms with van der Waals surface area (Å²) >= 11 is 0. The fourth-order valence-corrected chi connectivity index (χ4v) is 9.88. The van der Waals surface area contributed by atoms with E-state index in [0.29, 0.717) is 43.1 Å². The maximum absolute atomic E-state index is 14.2. The third kappa shape index (κ3) is 4.95. The number of benzene rings is 2. The van der Waals surface area contributed by atoms with E-state index in [-0.39, 0.29) is 36.3 Å². The summed E-state index contributed by atoms with van der Waals surface area (Å²) in [4.78, 5) is 33.4. The maximum Gasteiger partial charge on any atom is 0.431 e. The van der Waals surface area contributed by atoms with Gasteiger partial charge in [0.15, 0.2) is 12.0 Å². The van der Waals surface area contributed by atoms with Crippen LogP contribution in [0.1, 0.15) is 68.8 Å². The zero-order valence-electron chi connectivity index (χ0n) is 28.4. The number of carbonyl (C=O) groups is 2. The lowest BCUT2D eigenvalue weighted by Gasteiger charge is -2.59. The molecule has 10 nitrogen and oxygen atoms in total. The lowest BCUT2D eigenvalue weighted by molar-refractivity contribution is -0.317. The van der Waals surface area contributed by atoms with Crippen LogP contribution in [0.3, 0.4) is 0 Å². The molecule has 268 valence electrons. The second-order valence-corrected chi connectivity index (χ2v) is 15.3. The number of rotatable bonds is 7. The molecule has 50 heavy (non-hydrogen) atoms. The highest BCUT2D eigenvalue weighted by atomic mass is 19.4. The molecule has 4 aliphatic heterocycles. The van der Waals surface area contributed by atoms with Gasteiger partial charge < -0.3 is 35.5 Å². The van der Waals surface area contributed by atoms with Gasteiger partial charge in [-0.05, 0) is 80.5 Å². The molecular weight excluding hydrogens is 651 g/mol. The molecule has 2 aromatic carbocycles.